The average molecular weight is 388 g/mol. The summed E-state index contributed by atoms with van der Waals surface area (Å²) in [5.41, 5.74) is 0. The molecule has 3 rings (SSSR count). The number of hydrogen-bond acceptors (Lipinski definition) is 4. The highest BCUT2D eigenvalue weighted by Gasteiger charge is 2.30. The molecular formula is C17H26ClN3O3S. The first-order valence-electron chi connectivity index (χ1n) is 8.61. The fourth-order valence-corrected chi connectivity index (χ4v) is 4.85. The van der Waals surface area contributed by atoms with Crippen LogP contribution in [0.2, 0.25) is 0 Å². The third-order valence-corrected chi connectivity index (χ3v) is 6.86. The summed E-state index contributed by atoms with van der Waals surface area (Å²) in [6, 6.07) is 8.57. The number of piperidine rings is 1. The van der Waals surface area contributed by atoms with Gasteiger partial charge in [0.2, 0.25) is 15.9 Å². The van der Waals surface area contributed by atoms with Crippen LogP contribution in [0, 0.1) is 11.8 Å². The normalized spacial score (nSPS) is 22.3. The molecular weight excluding hydrogens is 362 g/mol. The zero-order valence-electron chi connectivity index (χ0n) is 14.2. The number of halogens is 1. The summed E-state index contributed by atoms with van der Waals surface area (Å²) in [6.07, 6.45) is 2.48. The highest BCUT2D eigenvalue weighted by atomic mass is 35.5. The minimum Gasteiger partial charge on any atom is -0.356 e. The van der Waals surface area contributed by atoms with Crippen molar-refractivity contribution >= 4 is 28.3 Å². The van der Waals surface area contributed by atoms with Crippen LogP contribution >= 0.6 is 12.4 Å². The lowest BCUT2D eigenvalue weighted by molar-refractivity contribution is -0.124. The lowest BCUT2D eigenvalue weighted by Gasteiger charge is -2.31. The predicted octanol–water partition coefficient (Wildman–Crippen LogP) is 1.23. The molecule has 0 spiro atoms. The van der Waals surface area contributed by atoms with Crippen molar-refractivity contribution in [2.24, 2.45) is 11.8 Å². The van der Waals surface area contributed by atoms with Gasteiger partial charge in [0.05, 0.1) is 10.8 Å². The summed E-state index contributed by atoms with van der Waals surface area (Å²) >= 11 is 0. The van der Waals surface area contributed by atoms with Gasteiger partial charge in [0.1, 0.15) is 0 Å². The summed E-state index contributed by atoms with van der Waals surface area (Å²) in [6.45, 7) is 3.35. The van der Waals surface area contributed by atoms with Crippen molar-refractivity contribution in [3.8, 4) is 0 Å². The van der Waals surface area contributed by atoms with Gasteiger partial charge < -0.3 is 10.6 Å². The molecule has 0 bridgehead atoms. The molecule has 1 atom stereocenters. The fourth-order valence-electron chi connectivity index (χ4n) is 3.36. The molecule has 6 nitrogen and oxygen atoms in total. The molecule has 1 aromatic rings. The quantitative estimate of drug-likeness (QED) is 0.796. The maximum absolute atomic E-state index is 12.6. The second-order valence-electron chi connectivity index (χ2n) is 6.60. The van der Waals surface area contributed by atoms with E-state index in [4.69, 9.17) is 0 Å². The van der Waals surface area contributed by atoms with Gasteiger partial charge in [-0.05, 0) is 43.9 Å². The lowest BCUT2D eigenvalue weighted by atomic mass is 9.97. The molecule has 0 aliphatic carbocycles. The standard InChI is InChI=1S/C17H25N3O3S.ClH/c21-17(15-6-9-18-13-15)19-12-14-7-10-20(11-8-14)24(22,23)16-4-2-1-3-5-16;/h1-5,14-15,18H,6-13H2,(H,19,21);1H. The molecule has 2 aliphatic heterocycles. The Morgan fingerprint density at radius 1 is 1.16 bits per heavy atom. The van der Waals surface area contributed by atoms with Crippen LogP contribution in [0.4, 0.5) is 0 Å². The van der Waals surface area contributed by atoms with Gasteiger partial charge in [0, 0.05) is 26.2 Å². The fraction of sp³-hybridized carbons (Fsp3) is 0.588. The van der Waals surface area contributed by atoms with Crippen molar-refractivity contribution in [1.29, 1.82) is 0 Å². The van der Waals surface area contributed by atoms with Crippen LogP contribution in [0.5, 0.6) is 0 Å². The van der Waals surface area contributed by atoms with Gasteiger partial charge in [-0.2, -0.15) is 4.31 Å². The van der Waals surface area contributed by atoms with E-state index in [0.29, 0.717) is 30.4 Å². The lowest BCUT2D eigenvalue weighted by Crippen LogP contribution is -2.42. The van der Waals surface area contributed by atoms with Crippen LogP contribution < -0.4 is 10.6 Å². The summed E-state index contributed by atoms with van der Waals surface area (Å²) in [5.74, 6) is 0.563. The molecule has 8 heteroatoms. The van der Waals surface area contributed by atoms with E-state index in [1.165, 1.54) is 0 Å². The van der Waals surface area contributed by atoms with E-state index < -0.39 is 10.0 Å². The number of rotatable bonds is 5. The second kappa shape index (κ2) is 8.98. The first-order chi connectivity index (χ1) is 11.6. The first kappa shape index (κ1) is 20.2. The maximum Gasteiger partial charge on any atom is 0.243 e. The molecule has 25 heavy (non-hydrogen) atoms. The minimum atomic E-state index is -3.39. The summed E-state index contributed by atoms with van der Waals surface area (Å²) in [7, 11) is -3.39. The van der Waals surface area contributed by atoms with Crippen LogP contribution in [0.3, 0.4) is 0 Å². The van der Waals surface area contributed by atoms with Crippen LogP contribution in [-0.4, -0.2) is 51.4 Å². The topological polar surface area (TPSA) is 78.5 Å². The zero-order chi connectivity index (χ0) is 17.0. The van der Waals surface area contributed by atoms with E-state index in [9.17, 15) is 13.2 Å². The number of benzene rings is 1. The predicted molar refractivity (Wildman–Crippen MR) is 99.2 cm³/mol. The van der Waals surface area contributed by atoms with Crippen LogP contribution in [0.15, 0.2) is 35.2 Å². The van der Waals surface area contributed by atoms with Crippen LogP contribution in [-0.2, 0) is 14.8 Å². The number of amides is 1. The van der Waals surface area contributed by atoms with E-state index in [1.54, 1.807) is 28.6 Å². The van der Waals surface area contributed by atoms with E-state index >= 15 is 0 Å². The highest BCUT2D eigenvalue weighted by molar-refractivity contribution is 7.89. The Morgan fingerprint density at radius 3 is 2.44 bits per heavy atom. The maximum atomic E-state index is 12.6. The van der Waals surface area contributed by atoms with Gasteiger partial charge in [-0.1, -0.05) is 18.2 Å². The highest BCUT2D eigenvalue weighted by Crippen LogP contribution is 2.23. The smallest absolute Gasteiger partial charge is 0.243 e. The third-order valence-electron chi connectivity index (χ3n) is 4.95. The molecule has 1 unspecified atom stereocenters. The molecule has 2 heterocycles. The van der Waals surface area contributed by atoms with Crippen LogP contribution in [0.1, 0.15) is 19.3 Å². The van der Waals surface area contributed by atoms with Crippen molar-refractivity contribution in [3.63, 3.8) is 0 Å². The summed E-state index contributed by atoms with van der Waals surface area (Å²) in [5, 5.41) is 6.23. The first-order valence-corrected chi connectivity index (χ1v) is 10.0. The molecule has 1 amide bonds. The van der Waals surface area contributed by atoms with Gasteiger partial charge in [-0.3, -0.25) is 4.79 Å². The zero-order valence-corrected chi connectivity index (χ0v) is 15.8. The van der Waals surface area contributed by atoms with Gasteiger partial charge in [-0.15, -0.1) is 12.4 Å². The minimum absolute atomic E-state index is 0. The van der Waals surface area contributed by atoms with Gasteiger partial charge in [0.25, 0.3) is 0 Å². The number of sulfonamides is 1. The molecule has 0 radical (unpaired) electrons. The number of carbonyl (C=O) groups excluding carboxylic acids is 1. The molecule has 140 valence electrons. The monoisotopic (exact) mass is 387 g/mol. The summed E-state index contributed by atoms with van der Waals surface area (Å²) < 4.78 is 26.7. The van der Waals surface area contributed by atoms with E-state index in [1.807, 2.05) is 6.07 Å². The largest absolute Gasteiger partial charge is 0.356 e. The van der Waals surface area contributed by atoms with Gasteiger partial charge in [-0.25, -0.2) is 8.42 Å². The van der Waals surface area contributed by atoms with Crippen molar-refractivity contribution in [2.45, 2.75) is 24.2 Å². The third kappa shape index (κ3) is 4.94. The van der Waals surface area contributed by atoms with E-state index in [0.717, 1.165) is 32.4 Å². The SMILES string of the molecule is Cl.O=C(NCC1CCN(S(=O)(=O)c2ccccc2)CC1)C1CCNC1. The average Bonchev–Trinajstić information content (AvgIpc) is 3.15. The van der Waals surface area contributed by atoms with Crippen molar-refractivity contribution in [1.82, 2.24) is 14.9 Å². The Hall–Kier alpha value is -1.15. The Balaban J connectivity index is 0.00000225. The molecule has 2 fully saturated rings. The van der Waals surface area contributed by atoms with Crippen molar-refractivity contribution in [3.05, 3.63) is 30.3 Å². The van der Waals surface area contributed by atoms with Crippen LogP contribution in [0.25, 0.3) is 0 Å². The Bertz CT molecular complexity index is 655. The number of nitrogens with zero attached hydrogens (tertiary/aromatic N) is 1. The van der Waals surface area contributed by atoms with E-state index in [-0.39, 0.29) is 24.2 Å². The van der Waals surface area contributed by atoms with Gasteiger partial charge >= 0.3 is 0 Å². The summed E-state index contributed by atoms with van der Waals surface area (Å²) in [4.78, 5) is 12.4. The Morgan fingerprint density at radius 2 is 1.84 bits per heavy atom. The molecule has 2 saturated heterocycles. The molecule has 2 N–H and O–H groups in total. The Kier molecular flexibility index (Phi) is 7.25. The molecule has 0 aromatic heterocycles. The molecule has 1 aromatic carbocycles. The number of carbonyl (C=O) groups is 1. The molecule has 2 aliphatic rings. The second-order valence-corrected chi connectivity index (χ2v) is 8.53. The number of nitrogens with one attached hydrogen (secondary N) is 2. The van der Waals surface area contributed by atoms with E-state index in [2.05, 4.69) is 10.6 Å². The molecule has 0 saturated carbocycles. The Labute approximate surface area is 155 Å². The number of hydrogen-bond donors (Lipinski definition) is 2. The van der Waals surface area contributed by atoms with Crippen molar-refractivity contribution in [2.75, 3.05) is 32.7 Å². The van der Waals surface area contributed by atoms with Gasteiger partial charge in [0.15, 0.2) is 0 Å². The van der Waals surface area contributed by atoms with Crippen molar-refractivity contribution < 1.29 is 13.2 Å².